The molecule has 1 saturated carbocycles. The Morgan fingerprint density at radius 2 is 1.86 bits per heavy atom. The molecule has 0 bridgehead atoms. The van der Waals surface area contributed by atoms with Crippen molar-refractivity contribution < 1.29 is 0 Å². The van der Waals surface area contributed by atoms with Gasteiger partial charge in [0.25, 0.3) is 0 Å². The summed E-state index contributed by atoms with van der Waals surface area (Å²) in [4.78, 5) is 10.7. The summed E-state index contributed by atoms with van der Waals surface area (Å²) in [5.41, 5.74) is 6.03. The van der Waals surface area contributed by atoms with E-state index in [0.29, 0.717) is 0 Å². The van der Waals surface area contributed by atoms with Gasteiger partial charge in [-0.05, 0) is 44.4 Å². The number of aryl methyl sites for hydroxylation is 1. The minimum absolute atomic E-state index is 0.208. The predicted octanol–water partition coefficient (Wildman–Crippen LogP) is 5.12. The van der Waals surface area contributed by atoms with Crippen LogP contribution in [0.2, 0.25) is 0 Å². The maximum Gasteiger partial charge on any atom is 0.115 e. The fourth-order valence-electron chi connectivity index (χ4n) is 4.42. The Balaban J connectivity index is 1.52. The highest BCUT2D eigenvalue weighted by atomic mass is 15.3. The van der Waals surface area contributed by atoms with Gasteiger partial charge in [-0.3, -0.25) is 9.58 Å². The van der Waals surface area contributed by atoms with Gasteiger partial charge in [0.2, 0.25) is 0 Å². The van der Waals surface area contributed by atoms with Crippen LogP contribution in [-0.4, -0.2) is 31.7 Å². The normalized spacial score (nSPS) is 16.3. The van der Waals surface area contributed by atoms with Gasteiger partial charge < -0.3 is 0 Å². The van der Waals surface area contributed by atoms with Gasteiger partial charge >= 0.3 is 0 Å². The van der Waals surface area contributed by atoms with E-state index in [1.165, 1.54) is 48.8 Å². The molecule has 152 valence electrons. The average molecular weight is 390 g/mol. The summed E-state index contributed by atoms with van der Waals surface area (Å²) in [5, 5.41) is 4.77. The molecule has 0 unspecified atom stereocenters. The van der Waals surface area contributed by atoms with Gasteiger partial charge in [-0.2, -0.15) is 5.10 Å². The van der Waals surface area contributed by atoms with Crippen molar-refractivity contribution in [2.24, 2.45) is 7.05 Å². The van der Waals surface area contributed by atoms with E-state index in [1.54, 1.807) is 12.5 Å². The van der Waals surface area contributed by atoms with Crippen molar-refractivity contribution in [3.63, 3.8) is 0 Å². The summed E-state index contributed by atoms with van der Waals surface area (Å²) in [7, 11) is 4.13. The zero-order chi connectivity index (χ0) is 20.2. The van der Waals surface area contributed by atoms with E-state index in [9.17, 15) is 0 Å². The van der Waals surface area contributed by atoms with Crippen LogP contribution in [0.3, 0.4) is 0 Å². The number of hydrogen-bond acceptors (Lipinski definition) is 4. The third kappa shape index (κ3) is 4.56. The second-order valence-corrected chi connectivity index (χ2v) is 8.36. The Labute approximate surface area is 173 Å². The number of benzene rings is 1. The van der Waals surface area contributed by atoms with Crippen LogP contribution < -0.4 is 0 Å². The molecule has 0 N–H and O–H groups in total. The minimum Gasteiger partial charge on any atom is -0.294 e. The van der Waals surface area contributed by atoms with E-state index >= 15 is 0 Å². The molecule has 1 fully saturated rings. The number of aromatic nitrogens is 4. The molecule has 0 saturated heterocycles. The van der Waals surface area contributed by atoms with Crippen molar-refractivity contribution in [2.75, 3.05) is 7.05 Å². The number of hydrogen-bond donors (Lipinski definition) is 0. The zero-order valence-corrected chi connectivity index (χ0v) is 17.8. The summed E-state index contributed by atoms with van der Waals surface area (Å²) in [6, 6.07) is 11.3. The van der Waals surface area contributed by atoms with E-state index in [1.807, 2.05) is 17.8 Å². The zero-order valence-electron chi connectivity index (χ0n) is 17.8. The first kappa shape index (κ1) is 19.8. The maximum atomic E-state index is 4.77. The minimum atomic E-state index is 0.208. The molecule has 0 aliphatic heterocycles. The lowest BCUT2D eigenvalue weighted by molar-refractivity contribution is 0.248. The summed E-state index contributed by atoms with van der Waals surface area (Å²) >= 11 is 0. The highest BCUT2D eigenvalue weighted by Crippen LogP contribution is 2.34. The molecule has 3 aromatic rings. The second-order valence-electron chi connectivity index (χ2n) is 8.36. The molecule has 2 heterocycles. The quantitative estimate of drug-likeness (QED) is 0.587. The maximum absolute atomic E-state index is 4.77. The molecule has 1 atom stereocenters. The standard InChI is InChI=1S/C24H31N5/c1-18(23-13-14-25-17-26-23)28(2)15-22-16-29(3)27-24(22)21-11-9-20(10-12-21)19-7-5-4-6-8-19/h9-14,16-19H,4-8,15H2,1-3H3/t18-/m0/s1. The fraction of sp³-hybridized carbons (Fsp3) is 0.458. The van der Waals surface area contributed by atoms with E-state index in [-0.39, 0.29) is 6.04 Å². The van der Waals surface area contributed by atoms with Gasteiger partial charge in [-0.15, -0.1) is 0 Å². The molecule has 1 aliphatic rings. The highest BCUT2D eigenvalue weighted by Gasteiger charge is 2.19. The molecule has 1 aliphatic carbocycles. The molecule has 5 heteroatoms. The molecule has 0 amide bonds. The fourth-order valence-corrected chi connectivity index (χ4v) is 4.42. The van der Waals surface area contributed by atoms with Crippen molar-refractivity contribution >= 4 is 0 Å². The first-order valence-corrected chi connectivity index (χ1v) is 10.7. The van der Waals surface area contributed by atoms with Gasteiger partial charge in [0.15, 0.2) is 0 Å². The molecule has 4 rings (SSSR count). The lowest BCUT2D eigenvalue weighted by atomic mass is 9.84. The van der Waals surface area contributed by atoms with E-state index in [2.05, 4.69) is 59.3 Å². The molecule has 1 aromatic carbocycles. The monoisotopic (exact) mass is 389 g/mol. The molecular formula is C24H31N5. The number of rotatable bonds is 6. The van der Waals surface area contributed by atoms with E-state index < -0.39 is 0 Å². The Morgan fingerprint density at radius 3 is 2.55 bits per heavy atom. The van der Waals surface area contributed by atoms with Gasteiger partial charge in [0, 0.05) is 43.2 Å². The Hall–Kier alpha value is -2.53. The van der Waals surface area contributed by atoms with E-state index in [4.69, 9.17) is 5.10 Å². The summed E-state index contributed by atoms with van der Waals surface area (Å²) in [6.07, 6.45) is 12.3. The van der Waals surface area contributed by atoms with Crippen LogP contribution in [0.25, 0.3) is 11.3 Å². The van der Waals surface area contributed by atoms with Crippen molar-refractivity contribution in [3.05, 3.63) is 65.9 Å². The molecule has 0 radical (unpaired) electrons. The molecule has 29 heavy (non-hydrogen) atoms. The average Bonchev–Trinajstić information content (AvgIpc) is 3.14. The van der Waals surface area contributed by atoms with Gasteiger partial charge in [0.1, 0.15) is 6.33 Å². The van der Waals surface area contributed by atoms with Crippen LogP contribution in [0.4, 0.5) is 0 Å². The lowest BCUT2D eigenvalue weighted by Gasteiger charge is -2.24. The van der Waals surface area contributed by atoms with Crippen LogP contribution in [0.1, 0.15) is 67.8 Å². The first-order valence-electron chi connectivity index (χ1n) is 10.7. The highest BCUT2D eigenvalue weighted by molar-refractivity contribution is 5.63. The molecule has 2 aromatic heterocycles. The molecular weight excluding hydrogens is 358 g/mol. The Morgan fingerprint density at radius 1 is 1.10 bits per heavy atom. The summed E-state index contributed by atoms with van der Waals surface area (Å²) < 4.78 is 1.92. The largest absolute Gasteiger partial charge is 0.294 e. The van der Waals surface area contributed by atoms with Gasteiger partial charge in [-0.1, -0.05) is 43.5 Å². The van der Waals surface area contributed by atoms with Gasteiger partial charge in [-0.25, -0.2) is 9.97 Å². The van der Waals surface area contributed by atoms with Crippen molar-refractivity contribution in [3.8, 4) is 11.3 Å². The SMILES string of the molecule is C[C@@H](c1ccncn1)N(C)Cc1cn(C)nc1-c1ccc(C2CCCCC2)cc1. The van der Waals surface area contributed by atoms with Gasteiger partial charge in [0.05, 0.1) is 11.4 Å². The van der Waals surface area contributed by atoms with Crippen molar-refractivity contribution in [1.82, 2.24) is 24.6 Å². The van der Waals surface area contributed by atoms with E-state index in [0.717, 1.165) is 23.9 Å². The Kier molecular flexibility index (Phi) is 6.05. The molecule has 0 spiro atoms. The first-order chi connectivity index (χ1) is 14.1. The summed E-state index contributed by atoms with van der Waals surface area (Å²) in [6.45, 7) is 3.00. The smallest absolute Gasteiger partial charge is 0.115 e. The topological polar surface area (TPSA) is 46.8 Å². The van der Waals surface area contributed by atoms with Crippen LogP contribution in [0.5, 0.6) is 0 Å². The second kappa shape index (κ2) is 8.87. The predicted molar refractivity (Wildman–Crippen MR) is 116 cm³/mol. The van der Waals surface area contributed by atoms with Crippen LogP contribution in [0, 0.1) is 0 Å². The Bertz CT molecular complexity index is 910. The summed E-state index contributed by atoms with van der Waals surface area (Å²) in [5.74, 6) is 0.737. The third-order valence-corrected chi connectivity index (χ3v) is 6.28. The lowest BCUT2D eigenvalue weighted by Crippen LogP contribution is -2.22. The van der Waals surface area contributed by atoms with Crippen molar-refractivity contribution in [1.29, 1.82) is 0 Å². The van der Waals surface area contributed by atoms with Crippen LogP contribution in [0.15, 0.2) is 49.1 Å². The van der Waals surface area contributed by atoms with Crippen molar-refractivity contribution in [2.45, 2.75) is 57.5 Å². The molecule has 5 nitrogen and oxygen atoms in total. The van der Waals surface area contributed by atoms with Crippen LogP contribution in [-0.2, 0) is 13.6 Å². The third-order valence-electron chi connectivity index (χ3n) is 6.28. The van der Waals surface area contributed by atoms with Crippen LogP contribution >= 0.6 is 0 Å². The number of nitrogens with zero attached hydrogens (tertiary/aromatic N) is 5.